The third kappa shape index (κ3) is 3.47. The van der Waals surface area contributed by atoms with Crippen molar-refractivity contribution in [3.8, 4) is 0 Å². The molecule has 7 heteroatoms. The minimum Gasteiger partial charge on any atom is -0.459 e. The van der Waals surface area contributed by atoms with Crippen LogP contribution in [0, 0.1) is 0 Å². The number of hydrogen-bond donors (Lipinski definition) is 0. The Bertz CT molecular complexity index is 812. The smallest absolute Gasteiger partial charge is 0.289 e. The molecule has 0 aromatic carbocycles. The van der Waals surface area contributed by atoms with Crippen LogP contribution in [-0.4, -0.2) is 70.8 Å². The van der Waals surface area contributed by atoms with Gasteiger partial charge in [-0.15, -0.1) is 0 Å². The molecule has 2 aliphatic rings. The fraction of sp³-hybridized carbons (Fsp3) is 0.450. The molecule has 2 amide bonds. The Morgan fingerprint density at radius 2 is 1.96 bits per heavy atom. The molecule has 1 unspecified atom stereocenters. The Morgan fingerprint density at radius 3 is 2.67 bits per heavy atom. The molecule has 0 radical (unpaired) electrons. The lowest BCUT2D eigenvalue weighted by molar-refractivity contribution is -0.135. The number of amides is 2. The second-order valence-corrected chi connectivity index (χ2v) is 7.02. The zero-order valence-corrected chi connectivity index (χ0v) is 15.5. The monoisotopic (exact) mass is 368 g/mol. The number of carbonyl (C=O) groups is 2. The van der Waals surface area contributed by atoms with Gasteiger partial charge in [-0.3, -0.25) is 14.6 Å². The van der Waals surface area contributed by atoms with E-state index >= 15 is 0 Å². The molecule has 0 N–H and O–H groups in total. The molecule has 0 aliphatic carbocycles. The van der Waals surface area contributed by atoms with E-state index in [0.29, 0.717) is 18.8 Å². The van der Waals surface area contributed by atoms with Crippen LogP contribution >= 0.6 is 0 Å². The first kappa shape index (κ1) is 17.7. The molecule has 27 heavy (non-hydrogen) atoms. The summed E-state index contributed by atoms with van der Waals surface area (Å²) in [5.74, 6) is -0.266. The summed E-state index contributed by atoms with van der Waals surface area (Å²) in [6, 6.07) is 7.14. The summed E-state index contributed by atoms with van der Waals surface area (Å²) in [6.07, 6.45) is 3.21. The van der Waals surface area contributed by atoms with Crippen LogP contribution in [-0.2, 0) is 11.3 Å². The molecular weight excluding hydrogens is 344 g/mol. The van der Waals surface area contributed by atoms with Crippen molar-refractivity contribution in [2.75, 3.05) is 39.3 Å². The van der Waals surface area contributed by atoms with E-state index in [0.717, 1.165) is 44.0 Å². The standard InChI is InChI=1S/C20H24N4O3/c1-2-22-8-10-23(11-9-22)19(25)16-14-24(20(26)17-6-4-12-27-17)13-15-5-3-7-21-18(15)16/h3-7,12,16H,2,8-11,13-14H2,1H3. The van der Waals surface area contributed by atoms with Crippen LogP contribution in [0.4, 0.5) is 0 Å². The fourth-order valence-electron chi connectivity index (χ4n) is 3.89. The van der Waals surface area contributed by atoms with Crippen LogP contribution < -0.4 is 0 Å². The van der Waals surface area contributed by atoms with Crippen molar-refractivity contribution in [1.82, 2.24) is 19.7 Å². The molecule has 142 valence electrons. The summed E-state index contributed by atoms with van der Waals surface area (Å²) in [6.45, 7) is 7.12. The van der Waals surface area contributed by atoms with Gasteiger partial charge >= 0.3 is 0 Å². The lowest BCUT2D eigenvalue weighted by Crippen LogP contribution is -2.52. The normalized spacial score (nSPS) is 20.4. The summed E-state index contributed by atoms with van der Waals surface area (Å²) < 4.78 is 5.26. The average molecular weight is 368 g/mol. The highest BCUT2D eigenvalue weighted by Crippen LogP contribution is 2.29. The number of fused-ring (bicyclic) bond motifs is 1. The number of rotatable bonds is 3. The van der Waals surface area contributed by atoms with E-state index in [9.17, 15) is 9.59 Å². The third-order valence-corrected chi connectivity index (χ3v) is 5.47. The summed E-state index contributed by atoms with van der Waals surface area (Å²) >= 11 is 0. The van der Waals surface area contributed by atoms with Crippen LogP contribution in [0.2, 0.25) is 0 Å². The van der Waals surface area contributed by atoms with Gasteiger partial charge in [0.2, 0.25) is 5.91 Å². The fourth-order valence-corrected chi connectivity index (χ4v) is 3.89. The number of carbonyl (C=O) groups excluding carboxylic acids is 2. The van der Waals surface area contributed by atoms with Crippen LogP contribution in [0.5, 0.6) is 0 Å². The van der Waals surface area contributed by atoms with E-state index in [1.807, 2.05) is 17.0 Å². The number of aromatic nitrogens is 1. The minimum atomic E-state index is -0.429. The molecule has 4 rings (SSSR count). The predicted molar refractivity (Wildman–Crippen MR) is 99.1 cm³/mol. The van der Waals surface area contributed by atoms with Crippen molar-refractivity contribution in [1.29, 1.82) is 0 Å². The van der Waals surface area contributed by atoms with E-state index in [4.69, 9.17) is 4.42 Å². The van der Waals surface area contributed by atoms with E-state index in [2.05, 4.69) is 16.8 Å². The van der Waals surface area contributed by atoms with E-state index in [1.54, 1.807) is 23.2 Å². The van der Waals surface area contributed by atoms with Gasteiger partial charge in [0.15, 0.2) is 5.76 Å². The van der Waals surface area contributed by atoms with Crippen molar-refractivity contribution >= 4 is 11.8 Å². The molecule has 1 atom stereocenters. The maximum atomic E-state index is 13.3. The number of hydrogen-bond acceptors (Lipinski definition) is 5. The van der Waals surface area contributed by atoms with Crippen LogP contribution in [0.15, 0.2) is 41.1 Å². The number of nitrogens with zero attached hydrogens (tertiary/aromatic N) is 4. The maximum absolute atomic E-state index is 13.3. The van der Waals surface area contributed by atoms with Gasteiger partial charge in [0.25, 0.3) is 5.91 Å². The molecule has 0 saturated carbocycles. The topological polar surface area (TPSA) is 69.9 Å². The van der Waals surface area contributed by atoms with Gasteiger partial charge in [0, 0.05) is 45.5 Å². The lowest BCUT2D eigenvalue weighted by atomic mass is 9.93. The van der Waals surface area contributed by atoms with E-state index < -0.39 is 5.92 Å². The Balaban J connectivity index is 1.57. The van der Waals surface area contributed by atoms with Gasteiger partial charge in [-0.05, 0) is 30.3 Å². The zero-order chi connectivity index (χ0) is 18.8. The molecule has 2 aliphatic heterocycles. The van der Waals surface area contributed by atoms with Gasteiger partial charge in [-0.1, -0.05) is 13.0 Å². The van der Waals surface area contributed by atoms with Crippen molar-refractivity contribution in [3.05, 3.63) is 53.7 Å². The Hall–Kier alpha value is -2.67. The summed E-state index contributed by atoms with van der Waals surface area (Å²) in [7, 11) is 0. The average Bonchev–Trinajstić information content (AvgIpc) is 3.27. The second-order valence-electron chi connectivity index (χ2n) is 7.02. The number of pyridine rings is 1. The second kappa shape index (κ2) is 7.52. The molecule has 2 aromatic heterocycles. The van der Waals surface area contributed by atoms with Gasteiger partial charge in [-0.25, -0.2) is 0 Å². The van der Waals surface area contributed by atoms with Gasteiger partial charge in [0.05, 0.1) is 17.9 Å². The summed E-state index contributed by atoms with van der Waals surface area (Å²) in [5, 5.41) is 0. The van der Waals surface area contributed by atoms with Crippen LogP contribution in [0.1, 0.15) is 34.7 Å². The van der Waals surface area contributed by atoms with Gasteiger partial charge in [-0.2, -0.15) is 0 Å². The quantitative estimate of drug-likeness (QED) is 0.823. The minimum absolute atomic E-state index is 0.0580. The molecule has 0 bridgehead atoms. The largest absolute Gasteiger partial charge is 0.459 e. The Labute approximate surface area is 158 Å². The maximum Gasteiger partial charge on any atom is 0.289 e. The summed E-state index contributed by atoms with van der Waals surface area (Å²) in [4.78, 5) is 36.5. The van der Waals surface area contributed by atoms with Crippen molar-refractivity contribution < 1.29 is 14.0 Å². The van der Waals surface area contributed by atoms with Crippen LogP contribution in [0.25, 0.3) is 0 Å². The van der Waals surface area contributed by atoms with E-state index in [1.165, 1.54) is 6.26 Å². The third-order valence-electron chi connectivity index (χ3n) is 5.47. The molecule has 2 aromatic rings. The first-order valence-electron chi connectivity index (χ1n) is 9.45. The Kier molecular flexibility index (Phi) is 4.94. The molecule has 7 nitrogen and oxygen atoms in total. The Morgan fingerprint density at radius 1 is 1.15 bits per heavy atom. The highest BCUT2D eigenvalue weighted by molar-refractivity contribution is 5.93. The number of furan rings is 1. The predicted octanol–water partition coefficient (Wildman–Crippen LogP) is 1.58. The number of piperazine rings is 1. The molecule has 4 heterocycles. The highest BCUT2D eigenvalue weighted by atomic mass is 16.3. The summed E-state index contributed by atoms with van der Waals surface area (Å²) in [5.41, 5.74) is 1.72. The van der Waals surface area contributed by atoms with Crippen LogP contribution in [0.3, 0.4) is 0 Å². The van der Waals surface area contributed by atoms with Crippen molar-refractivity contribution in [2.45, 2.75) is 19.4 Å². The molecule has 1 fully saturated rings. The molecular formula is C20H24N4O3. The SMILES string of the molecule is CCN1CCN(C(=O)C2CN(C(=O)c3ccco3)Cc3cccnc32)CC1. The highest BCUT2D eigenvalue weighted by Gasteiger charge is 2.37. The zero-order valence-electron chi connectivity index (χ0n) is 15.5. The lowest BCUT2D eigenvalue weighted by Gasteiger charge is -2.38. The van der Waals surface area contributed by atoms with E-state index in [-0.39, 0.29) is 11.8 Å². The van der Waals surface area contributed by atoms with Crippen molar-refractivity contribution in [3.63, 3.8) is 0 Å². The van der Waals surface area contributed by atoms with Gasteiger partial charge < -0.3 is 19.1 Å². The molecule has 1 saturated heterocycles. The number of likely N-dealkylation sites (N-methyl/N-ethyl adjacent to an activating group) is 1. The van der Waals surface area contributed by atoms with Crippen molar-refractivity contribution in [2.24, 2.45) is 0 Å². The van der Waals surface area contributed by atoms with Gasteiger partial charge in [0.1, 0.15) is 0 Å². The first-order chi connectivity index (χ1) is 13.2. The first-order valence-corrected chi connectivity index (χ1v) is 9.45. The molecule has 0 spiro atoms.